The number of imidazole rings is 1. The third kappa shape index (κ3) is 2.11. The molecule has 0 saturated heterocycles. The van der Waals surface area contributed by atoms with E-state index in [0.29, 0.717) is 27.5 Å². The first-order valence-electron chi connectivity index (χ1n) is 6.43. The predicted molar refractivity (Wildman–Crippen MR) is 79.7 cm³/mol. The van der Waals surface area contributed by atoms with E-state index >= 15 is 0 Å². The normalized spacial score (nSPS) is 14.9. The zero-order valence-electron chi connectivity index (χ0n) is 10.7. The van der Waals surface area contributed by atoms with Crippen molar-refractivity contribution in [1.29, 1.82) is 0 Å². The van der Waals surface area contributed by atoms with E-state index in [1.54, 1.807) is 0 Å². The van der Waals surface area contributed by atoms with Crippen LogP contribution in [0.3, 0.4) is 0 Å². The topological polar surface area (TPSA) is 43.8 Å². The molecule has 0 amide bonds. The van der Waals surface area contributed by atoms with Crippen LogP contribution in [0.5, 0.6) is 0 Å². The summed E-state index contributed by atoms with van der Waals surface area (Å²) in [5.41, 5.74) is 7.67. The zero-order chi connectivity index (χ0) is 13.6. The first-order valence-corrected chi connectivity index (χ1v) is 7.19. The Morgan fingerprint density at radius 1 is 1.32 bits per heavy atom. The van der Waals surface area contributed by atoms with Gasteiger partial charge in [0.05, 0.1) is 10.0 Å². The van der Waals surface area contributed by atoms with Crippen molar-refractivity contribution < 1.29 is 0 Å². The predicted octanol–water partition coefficient (Wildman–Crippen LogP) is 4.34. The summed E-state index contributed by atoms with van der Waals surface area (Å²) in [4.78, 5) is 4.70. The molecule has 0 spiro atoms. The molecule has 0 aliphatic heterocycles. The van der Waals surface area contributed by atoms with Crippen LogP contribution in [-0.4, -0.2) is 9.55 Å². The number of nitrogen functional groups attached to an aromatic ring is 1. The Labute approximate surface area is 122 Å². The number of benzene rings is 1. The molecule has 0 unspecified atom stereocenters. The van der Waals surface area contributed by atoms with Gasteiger partial charge >= 0.3 is 0 Å². The van der Waals surface area contributed by atoms with Crippen LogP contribution in [0, 0.1) is 0 Å². The van der Waals surface area contributed by atoms with E-state index in [0.717, 1.165) is 17.9 Å². The monoisotopic (exact) mass is 295 g/mol. The number of halogens is 2. The molecule has 1 aliphatic rings. The Hall–Kier alpha value is -1.19. The highest BCUT2D eigenvalue weighted by Gasteiger charge is 2.31. The molecule has 5 heteroatoms. The fraction of sp³-hybridized carbons (Fsp3) is 0.357. The molecule has 1 saturated carbocycles. The second-order valence-electron chi connectivity index (χ2n) is 4.82. The minimum atomic E-state index is 0.539. The van der Waals surface area contributed by atoms with Gasteiger partial charge in [-0.15, -0.1) is 0 Å². The van der Waals surface area contributed by atoms with Crippen LogP contribution in [0.2, 0.25) is 10.0 Å². The van der Waals surface area contributed by atoms with E-state index in [9.17, 15) is 0 Å². The van der Waals surface area contributed by atoms with Gasteiger partial charge < -0.3 is 10.3 Å². The van der Waals surface area contributed by atoms with Gasteiger partial charge in [-0.25, -0.2) is 4.98 Å². The second kappa shape index (κ2) is 4.73. The van der Waals surface area contributed by atoms with Crippen LogP contribution in [0.4, 0.5) is 5.82 Å². The average Bonchev–Trinajstić information content (AvgIpc) is 3.16. The molecule has 2 N–H and O–H groups in total. The zero-order valence-corrected chi connectivity index (χ0v) is 12.2. The number of anilines is 1. The van der Waals surface area contributed by atoms with Crippen LogP contribution >= 0.6 is 23.2 Å². The summed E-state index contributed by atoms with van der Waals surface area (Å²) >= 11 is 12.5. The Balaban J connectivity index is 2.20. The van der Waals surface area contributed by atoms with E-state index < -0.39 is 0 Å². The molecule has 100 valence electrons. The van der Waals surface area contributed by atoms with Gasteiger partial charge in [-0.2, -0.15) is 0 Å². The molecule has 0 radical (unpaired) electrons. The maximum Gasteiger partial charge on any atom is 0.131 e. The van der Waals surface area contributed by atoms with Gasteiger partial charge in [0.2, 0.25) is 0 Å². The van der Waals surface area contributed by atoms with Crippen molar-refractivity contribution in [3.05, 3.63) is 34.1 Å². The Morgan fingerprint density at radius 2 is 1.95 bits per heavy atom. The summed E-state index contributed by atoms with van der Waals surface area (Å²) in [6.45, 7) is 2.88. The average molecular weight is 296 g/mol. The van der Waals surface area contributed by atoms with E-state index in [1.807, 2.05) is 18.2 Å². The van der Waals surface area contributed by atoms with Crippen LogP contribution in [0.25, 0.3) is 11.3 Å². The molecule has 0 atom stereocenters. The summed E-state index contributed by atoms with van der Waals surface area (Å²) in [6.07, 6.45) is 2.37. The molecule has 2 aromatic rings. The lowest BCUT2D eigenvalue weighted by atomic mass is 10.1. The summed E-state index contributed by atoms with van der Waals surface area (Å²) in [6, 6.07) is 5.44. The highest BCUT2D eigenvalue weighted by atomic mass is 35.5. The second-order valence-corrected chi connectivity index (χ2v) is 5.63. The molecule has 1 aromatic carbocycles. The summed E-state index contributed by atoms with van der Waals surface area (Å²) < 4.78 is 2.06. The summed E-state index contributed by atoms with van der Waals surface area (Å²) in [5, 5.41) is 1.17. The lowest BCUT2D eigenvalue weighted by Crippen LogP contribution is -2.04. The maximum absolute atomic E-state index is 6.25. The molecular weight excluding hydrogens is 281 g/mol. The largest absolute Gasteiger partial charge is 0.383 e. The first-order chi connectivity index (χ1) is 9.13. The van der Waals surface area contributed by atoms with Gasteiger partial charge in [0, 0.05) is 18.0 Å². The minimum absolute atomic E-state index is 0.539. The number of hydrogen-bond acceptors (Lipinski definition) is 2. The number of hydrogen-bond donors (Lipinski definition) is 1. The van der Waals surface area contributed by atoms with Crippen LogP contribution < -0.4 is 5.73 Å². The fourth-order valence-electron chi connectivity index (χ4n) is 2.38. The summed E-state index contributed by atoms with van der Waals surface area (Å²) in [7, 11) is 0. The highest BCUT2D eigenvalue weighted by molar-refractivity contribution is 6.39. The van der Waals surface area contributed by atoms with Crippen LogP contribution in [0.1, 0.15) is 31.5 Å². The molecule has 19 heavy (non-hydrogen) atoms. The lowest BCUT2D eigenvalue weighted by molar-refractivity contribution is 0.708. The van der Waals surface area contributed by atoms with Gasteiger partial charge in [0.1, 0.15) is 17.3 Å². The van der Waals surface area contributed by atoms with Gasteiger partial charge in [-0.05, 0) is 31.9 Å². The Bertz CT molecular complexity index is 610. The van der Waals surface area contributed by atoms with Gasteiger partial charge in [0.25, 0.3) is 0 Å². The van der Waals surface area contributed by atoms with Crippen molar-refractivity contribution in [3.63, 3.8) is 0 Å². The molecule has 1 fully saturated rings. The van der Waals surface area contributed by atoms with Crippen LogP contribution in [-0.2, 0) is 6.54 Å². The third-order valence-electron chi connectivity index (χ3n) is 3.49. The van der Waals surface area contributed by atoms with E-state index in [4.69, 9.17) is 33.9 Å². The Kier molecular flexibility index (Phi) is 3.19. The molecular formula is C14H15Cl2N3. The highest BCUT2D eigenvalue weighted by Crippen LogP contribution is 2.44. The maximum atomic E-state index is 6.25. The first kappa shape index (κ1) is 12.8. The van der Waals surface area contributed by atoms with E-state index in [1.165, 1.54) is 12.8 Å². The molecule has 1 aromatic heterocycles. The fourth-order valence-corrected chi connectivity index (χ4v) is 2.95. The molecule has 3 rings (SSSR count). The molecule has 3 nitrogen and oxygen atoms in total. The van der Waals surface area contributed by atoms with Crippen molar-refractivity contribution in [2.24, 2.45) is 0 Å². The SMILES string of the molecule is CCn1c(C2CC2)nc(-c2c(Cl)cccc2Cl)c1N. The van der Waals surface area contributed by atoms with Crippen molar-refractivity contribution in [1.82, 2.24) is 9.55 Å². The van der Waals surface area contributed by atoms with E-state index in [2.05, 4.69) is 11.5 Å². The molecule has 1 aliphatic carbocycles. The van der Waals surface area contributed by atoms with Crippen molar-refractivity contribution in [3.8, 4) is 11.3 Å². The van der Waals surface area contributed by atoms with Crippen molar-refractivity contribution in [2.75, 3.05) is 5.73 Å². The molecule has 0 bridgehead atoms. The third-order valence-corrected chi connectivity index (χ3v) is 4.12. The van der Waals surface area contributed by atoms with Crippen LogP contribution in [0.15, 0.2) is 18.2 Å². The smallest absolute Gasteiger partial charge is 0.131 e. The lowest BCUT2D eigenvalue weighted by Gasteiger charge is -2.07. The van der Waals surface area contributed by atoms with Gasteiger partial charge in [0.15, 0.2) is 0 Å². The molecule has 1 heterocycles. The van der Waals surface area contributed by atoms with Gasteiger partial charge in [-0.3, -0.25) is 0 Å². The quantitative estimate of drug-likeness (QED) is 0.915. The number of nitrogens with zero attached hydrogens (tertiary/aromatic N) is 2. The minimum Gasteiger partial charge on any atom is -0.383 e. The number of aromatic nitrogens is 2. The standard InChI is InChI=1S/C14H15Cl2N3/c1-2-19-13(17)12(18-14(19)8-6-7-8)11-9(15)4-3-5-10(11)16/h3-5,8H,2,6-7,17H2,1H3. The summed E-state index contributed by atoms with van der Waals surface area (Å²) in [5.74, 6) is 2.25. The van der Waals surface area contributed by atoms with Crippen molar-refractivity contribution >= 4 is 29.0 Å². The number of rotatable bonds is 3. The van der Waals surface area contributed by atoms with Gasteiger partial charge in [-0.1, -0.05) is 29.3 Å². The van der Waals surface area contributed by atoms with E-state index in [-0.39, 0.29) is 0 Å². The Morgan fingerprint density at radius 3 is 2.47 bits per heavy atom. The number of nitrogens with two attached hydrogens (primary N) is 1. The van der Waals surface area contributed by atoms with Crippen molar-refractivity contribution in [2.45, 2.75) is 32.2 Å².